The summed E-state index contributed by atoms with van der Waals surface area (Å²) < 4.78 is 7.00. The van der Waals surface area contributed by atoms with Gasteiger partial charge in [0.1, 0.15) is 0 Å². The number of amides is 1. The molecule has 1 fully saturated rings. The zero-order valence-electron chi connectivity index (χ0n) is 15.7. The summed E-state index contributed by atoms with van der Waals surface area (Å²) in [5, 5.41) is 3.22. The van der Waals surface area contributed by atoms with Crippen LogP contribution in [0.2, 0.25) is 0 Å². The fourth-order valence-corrected chi connectivity index (χ4v) is 3.97. The van der Waals surface area contributed by atoms with Crippen molar-refractivity contribution in [3.05, 3.63) is 64.8 Å². The van der Waals surface area contributed by atoms with E-state index in [4.69, 9.17) is 4.42 Å². The second kappa shape index (κ2) is 8.74. The van der Waals surface area contributed by atoms with Crippen LogP contribution in [0.5, 0.6) is 0 Å². The summed E-state index contributed by atoms with van der Waals surface area (Å²) in [4.78, 5) is 17.4. The molecular weight excluding hydrogens is 416 g/mol. The van der Waals surface area contributed by atoms with Crippen LogP contribution in [0.25, 0.3) is 22.8 Å². The van der Waals surface area contributed by atoms with Crippen LogP contribution in [-0.2, 0) is 0 Å². The molecule has 1 aliphatic rings. The normalized spacial score (nSPS) is 15.2. The lowest BCUT2D eigenvalue weighted by molar-refractivity contribution is 0.0934. The third kappa shape index (κ3) is 4.36. The van der Waals surface area contributed by atoms with Gasteiger partial charge >= 0.3 is 0 Å². The molecule has 1 amide bonds. The van der Waals surface area contributed by atoms with E-state index < -0.39 is 0 Å². The van der Waals surface area contributed by atoms with Crippen LogP contribution >= 0.6 is 15.9 Å². The maximum atomic E-state index is 12.9. The van der Waals surface area contributed by atoms with Crippen molar-refractivity contribution in [2.75, 3.05) is 0 Å². The summed E-state index contributed by atoms with van der Waals surface area (Å²) in [6.45, 7) is 0. The first-order valence-corrected chi connectivity index (χ1v) is 10.6. The van der Waals surface area contributed by atoms with Crippen LogP contribution in [0.1, 0.15) is 48.9 Å². The largest absolute Gasteiger partial charge is 0.436 e. The first-order chi connectivity index (χ1) is 13.7. The quantitative estimate of drug-likeness (QED) is 0.491. The highest BCUT2D eigenvalue weighted by Gasteiger charge is 2.20. The fourth-order valence-electron chi connectivity index (χ4n) is 3.70. The molecule has 1 N–H and O–H groups in total. The van der Waals surface area contributed by atoms with Gasteiger partial charge in [0.2, 0.25) is 5.89 Å². The summed E-state index contributed by atoms with van der Waals surface area (Å²) in [7, 11) is 0. The molecule has 4 rings (SSSR count). The highest BCUT2D eigenvalue weighted by atomic mass is 79.9. The van der Waals surface area contributed by atoms with Gasteiger partial charge in [-0.25, -0.2) is 4.98 Å². The van der Waals surface area contributed by atoms with Crippen molar-refractivity contribution in [1.29, 1.82) is 0 Å². The van der Waals surface area contributed by atoms with Crippen molar-refractivity contribution in [2.45, 2.75) is 44.6 Å². The van der Waals surface area contributed by atoms with E-state index >= 15 is 0 Å². The monoisotopic (exact) mass is 438 g/mol. The molecule has 2 aromatic carbocycles. The molecule has 0 atom stereocenters. The molecule has 1 saturated carbocycles. The number of halogens is 1. The number of oxazole rings is 1. The summed E-state index contributed by atoms with van der Waals surface area (Å²) in [6, 6.07) is 15.6. The molecule has 0 radical (unpaired) electrons. The average molecular weight is 439 g/mol. The zero-order valence-corrected chi connectivity index (χ0v) is 17.2. The number of aromatic nitrogens is 1. The Labute approximate surface area is 173 Å². The molecule has 1 heterocycles. The number of carbonyl (C=O) groups excluding carboxylic acids is 1. The van der Waals surface area contributed by atoms with Crippen molar-refractivity contribution in [3.8, 4) is 22.8 Å². The van der Waals surface area contributed by atoms with Crippen molar-refractivity contribution in [2.24, 2.45) is 0 Å². The van der Waals surface area contributed by atoms with Crippen LogP contribution in [0, 0.1) is 0 Å². The topological polar surface area (TPSA) is 55.1 Å². The lowest BCUT2D eigenvalue weighted by atomic mass is 10.0. The van der Waals surface area contributed by atoms with E-state index in [2.05, 4.69) is 26.2 Å². The molecule has 4 nitrogen and oxygen atoms in total. The van der Waals surface area contributed by atoms with Crippen LogP contribution in [0.3, 0.4) is 0 Å². The molecule has 1 aliphatic carbocycles. The van der Waals surface area contributed by atoms with Gasteiger partial charge in [-0.2, -0.15) is 0 Å². The number of benzene rings is 2. The number of hydrogen-bond acceptors (Lipinski definition) is 3. The number of carbonyl (C=O) groups is 1. The number of hydrogen-bond donors (Lipinski definition) is 1. The average Bonchev–Trinajstić information content (AvgIpc) is 3.07. The van der Waals surface area contributed by atoms with Gasteiger partial charge < -0.3 is 9.73 Å². The van der Waals surface area contributed by atoms with E-state index in [0.29, 0.717) is 17.2 Å². The van der Waals surface area contributed by atoms with E-state index in [9.17, 15) is 4.79 Å². The third-order valence-electron chi connectivity index (χ3n) is 5.23. The molecular formula is C23H23BrN2O2. The Bertz CT molecular complexity index is 941. The lowest BCUT2D eigenvalue weighted by Crippen LogP contribution is -2.34. The summed E-state index contributed by atoms with van der Waals surface area (Å²) in [6.07, 6.45) is 8.71. The highest BCUT2D eigenvalue weighted by molar-refractivity contribution is 9.10. The van der Waals surface area contributed by atoms with E-state index in [1.165, 1.54) is 25.7 Å². The maximum absolute atomic E-state index is 12.9. The third-order valence-corrected chi connectivity index (χ3v) is 5.76. The van der Waals surface area contributed by atoms with Crippen molar-refractivity contribution >= 4 is 21.8 Å². The van der Waals surface area contributed by atoms with Gasteiger partial charge in [0.05, 0.1) is 11.8 Å². The first-order valence-electron chi connectivity index (χ1n) is 9.83. The van der Waals surface area contributed by atoms with E-state index in [1.54, 1.807) is 6.20 Å². The predicted octanol–water partition coefficient (Wildman–Crippen LogP) is 6.22. The second-order valence-corrected chi connectivity index (χ2v) is 8.16. The summed E-state index contributed by atoms with van der Waals surface area (Å²) in [5.41, 5.74) is 2.27. The molecule has 5 heteroatoms. The van der Waals surface area contributed by atoms with E-state index in [0.717, 1.165) is 28.4 Å². The first kappa shape index (κ1) is 18.9. The maximum Gasteiger partial charge on any atom is 0.252 e. The van der Waals surface area contributed by atoms with Gasteiger partial charge in [0.15, 0.2) is 5.76 Å². The molecule has 1 aromatic heterocycles. The van der Waals surface area contributed by atoms with Gasteiger partial charge in [0.25, 0.3) is 5.91 Å². The SMILES string of the molecule is O=C(NC1CCCCCC1)c1ccccc1-c1ncc(-c2ccc(Br)cc2)o1. The van der Waals surface area contributed by atoms with E-state index in [1.807, 2.05) is 48.5 Å². The van der Waals surface area contributed by atoms with E-state index in [-0.39, 0.29) is 11.9 Å². The Morgan fingerprint density at radius 2 is 1.71 bits per heavy atom. The molecule has 144 valence electrons. The minimum atomic E-state index is -0.0501. The van der Waals surface area contributed by atoms with Gasteiger partial charge in [0, 0.05) is 21.6 Å². The smallest absolute Gasteiger partial charge is 0.252 e. The Balaban J connectivity index is 1.57. The molecule has 0 aliphatic heterocycles. The Morgan fingerprint density at radius 3 is 2.46 bits per heavy atom. The molecule has 0 unspecified atom stereocenters. The van der Waals surface area contributed by atoms with Crippen LogP contribution in [0.4, 0.5) is 0 Å². The predicted molar refractivity (Wildman–Crippen MR) is 114 cm³/mol. The highest BCUT2D eigenvalue weighted by Crippen LogP contribution is 2.29. The van der Waals surface area contributed by atoms with Crippen molar-refractivity contribution in [3.63, 3.8) is 0 Å². The Hall–Kier alpha value is -2.40. The summed E-state index contributed by atoms with van der Waals surface area (Å²) >= 11 is 3.44. The van der Waals surface area contributed by atoms with Crippen LogP contribution in [0.15, 0.2) is 63.6 Å². The lowest BCUT2D eigenvalue weighted by Gasteiger charge is -2.17. The van der Waals surface area contributed by atoms with Crippen LogP contribution < -0.4 is 5.32 Å². The van der Waals surface area contributed by atoms with Gasteiger partial charge in [-0.3, -0.25) is 4.79 Å². The second-order valence-electron chi connectivity index (χ2n) is 7.24. The molecule has 0 bridgehead atoms. The van der Waals surface area contributed by atoms with Gasteiger partial charge in [-0.05, 0) is 37.1 Å². The summed E-state index contributed by atoms with van der Waals surface area (Å²) in [5.74, 6) is 1.09. The number of nitrogens with one attached hydrogen (secondary N) is 1. The standard InChI is InChI=1S/C23H23BrN2O2/c24-17-13-11-16(12-14-17)21-15-25-23(28-21)20-10-6-5-9-19(20)22(27)26-18-7-3-1-2-4-8-18/h5-6,9-15,18H,1-4,7-8H2,(H,26,27). The zero-order chi connectivity index (χ0) is 19.3. The molecule has 3 aromatic rings. The Kier molecular flexibility index (Phi) is 5.91. The van der Waals surface area contributed by atoms with Gasteiger partial charge in [-0.15, -0.1) is 0 Å². The van der Waals surface area contributed by atoms with Crippen LogP contribution in [-0.4, -0.2) is 16.9 Å². The number of nitrogens with zero attached hydrogens (tertiary/aromatic N) is 1. The molecule has 0 spiro atoms. The fraction of sp³-hybridized carbons (Fsp3) is 0.304. The minimum absolute atomic E-state index is 0.0501. The molecule has 28 heavy (non-hydrogen) atoms. The van der Waals surface area contributed by atoms with Crippen molar-refractivity contribution in [1.82, 2.24) is 10.3 Å². The Morgan fingerprint density at radius 1 is 1.00 bits per heavy atom. The molecule has 0 saturated heterocycles. The van der Waals surface area contributed by atoms with Crippen molar-refractivity contribution < 1.29 is 9.21 Å². The number of rotatable bonds is 4. The minimum Gasteiger partial charge on any atom is -0.436 e. The van der Waals surface area contributed by atoms with Gasteiger partial charge in [-0.1, -0.05) is 65.9 Å².